The standard InChI is InChI=1S/C15H17ClO4/c1-20-12-6-5-11(16)8-10(12)9-15(14(18)19)7-3-2-4-13(15)17/h5-6,8H,2-4,7,9H2,1H3,(H,18,19). The third-order valence-electron chi connectivity index (χ3n) is 3.94. The minimum atomic E-state index is -1.34. The number of hydrogen-bond acceptors (Lipinski definition) is 3. The van der Waals surface area contributed by atoms with E-state index in [2.05, 4.69) is 0 Å². The van der Waals surface area contributed by atoms with E-state index in [0.29, 0.717) is 29.2 Å². The van der Waals surface area contributed by atoms with Gasteiger partial charge in [-0.2, -0.15) is 0 Å². The summed E-state index contributed by atoms with van der Waals surface area (Å²) in [5.41, 5.74) is -0.673. The summed E-state index contributed by atoms with van der Waals surface area (Å²) >= 11 is 5.96. The lowest BCUT2D eigenvalue weighted by Gasteiger charge is -2.32. The maximum atomic E-state index is 12.2. The van der Waals surface area contributed by atoms with Crippen LogP contribution in [0.3, 0.4) is 0 Å². The van der Waals surface area contributed by atoms with Crippen molar-refractivity contribution in [2.75, 3.05) is 7.11 Å². The minimum absolute atomic E-state index is 0.130. The van der Waals surface area contributed by atoms with Gasteiger partial charge in [-0.15, -0.1) is 0 Å². The zero-order chi connectivity index (χ0) is 14.8. The SMILES string of the molecule is COc1ccc(Cl)cc1CC1(C(=O)O)CCCCC1=O. The Morgan fingerprint density at radius 1 is 1.45 bits per heavy atom. The lowest BCUT2D eigenvalue weighted by Crippen LogP contribution is -2.43. The van der Waals surface area contributed by atoms with Gasteiger partial charge in [0.15, 0.2) is 5.78 Å². The first-order chi connectivity index (χ1) is 9.49. The van der Waals surface area contributed by atoms with Crippen LogP contribution < -0.4 is 4.74 Å². The Bertz CT molecular complexity index is 541. The number of ketones is 1. The molecule has 0 amide bonds. The van der Waals surface area contributed by atoms with Gasteiger partial charge in [-0.3, -0.25) is 9.59 Å². The van der Waals surface area contributed by atoms with Gasteiger partial charge >= 0.3 is 5.97 Å². The molecule has 1 aliphatic rings. The zero-order valence-corrected chi connectivity index (χ0v) is 12.1. The topological polar surface area (TPSA) is 63.6 Å². The van der Waals surface area contributed by atoms with Crippen molar-refractivity contribution in [1.82, 2.24) is 0 Å². The average molecular weight is 297 g/mol. The molecule has 1 aromatic carbocycles. The normalized spacial score (nSPS) is 22.6. The van der Waals surface area contributed by atoms with Crippen LogP contribution in [0.4, 0.5) is 0 Å². The summed E-state index contributed by atoms with van der Waals surface area (Å²) in [7, 11) is 1.52. The van der Waals surface area contributed by atoms with Gasteiger partial charge in [0.05, 0.1) is 7.11 Å². The summed E-state index contributed by atoms with van der Waals surface area (Å²) < 4.78 is 5.24. The Labute approximate surface area is 122 Å². The molecule has 1 saturated carbocycles. The highest BCUT2D eigenvalue weighted by Gasteiger charge is 2.47. The number of halogens is 1. The fraction of sp³-hybridized carbons (Fsp3) is 0.467. The first kappa shape index (κ1) is 14.9. The Balaban J connectivity index is 2.40. The fourth-order valence-corrected chi connectivity index (χ4v) is 2.98. The van der Waals surface area contributed by atoms with E-state index >= 15 is 0 Å². The number of hydrogen-bond donors (Lipinski definition) is 1. The number of carbonyl (C=O) groups excluding carboxylic acids is 1. The molecule has 108 valence electrons. The van der Waals surface area contributed by atoms with Gasteiger partial charge in [0, 0.05) is 11.4 Å². The molecule has 5 heteroatoms. The van der Waals surface area contributed by atoms with Crippen LogP contribution >= 0.6 is 11.6 Å². The maximum Gasteiger partial charge on any atom is 0.317 e. The van der Waals surface area contributed by atoms with Gasteiger partial charge in [-0.05, 0) is 43.0 Å². The van der Waals surface area contributed by atoms with Crippen LogP contribution in [0, 0.1) is 5.41 Å². The molecule has 1 unspecified atom stereocenters. The van der Waals surface area contributed by atoms with E-state index in [1.807, 2.05) is 0 Å². The molecule has 1 atom stereocenters. The van der Waals surface area contributed by atoms with Crippen LogP contribution in [0.25, 0.3) is 0 Å². The van der Waals surface area contributed by atoms with E-state index < -0.39 is 11.4 Å². The molecule has 0 heterocycles. The lowest BCUT2D eigenvalue weighted by molar-refractivity contribution is -0.157. The van der Waals surface area contributed by atoms with Crippen LogP contribution in [-0.2, 0) is 16.0 Å². The first-order valence-electron chi connectivity index (χ1n) is 6.59. The van der Waals surface area contributed by atoms with E-state index in [4.69, 9.17) is 16.3 Å². The van der Waals surface area contributed by atoms with Crippen molar-refractivity contribution in [3.8, 4) is 5.75 Å². The summed E-state index contributed by atoms with van der Waals surface area (Å²) in [6.45, 7) is 0. The maximum absolute atomic E-state index is 12.2. The molecule has 1 fully saturated rings. The van der Waals surface area contributed by atoms with Crippen LogP contribution in [0.2, 0.25) is 5.02 Å². The first-order valence-corrected chi connectivity index (χ1v) is 6.96. The predicted octanol–water partition coefficient (Wildman–Crippen LogP) is 3.11. The Hall–Kier alpha value is -1.55. The van der Waals surface area contributed by atoms with Crippen molar-refractivity contribution < 1.29 is 19.4 Å². The molecular weight excluding hydrogens is 280 g/mol. The van der Waals surface area contributed by atoms with Gasteiger partial charge in [-0.25, -0.2) is 0 Å². The van der Waals surface area contributed by atoms with Crippen LogP contribution in [0.15, 0.2) is 18.2 Å². The number of carboxylic acid groups (broad SMARTS) is 1. The van der Waals surface area contributed by atoms with Gasteiger partial charge in [0.2, 0.25) is 0 Å². The second kappa shape index (κ2) is 5.83. The second-order valence-corrected chi connectivity index (χ2v) is 5.59. The van der Waals surface area contributed by atoms with Crippen molar-refractivity contribution in [3.05, 3.63) is 28.8 Å². The zero-order valence-electron chi connectivity index (χ0n) is 11.3. The number of carboxylic acids is 1. The van der Waals surface area contributed by atoms with Gasteiger partial charge in [0.25, 0.3) is 0 Å². The summed E-state index contributed by atoms with van der Waals surface area (Å²) in [6.07, 6.45) is 2.35. The highest BCUT2D eigenvalue weighted by Crippen LogP contribution is 2.39. The molecule has 20 heavy (non-hydrogen) atoms. The smallest absolute Gasteiger partial charge is 0.317 e. The van der Waals surface area contributed by atoms with E-state index in [1.54, 1.807) is 18.2 Å². The van der Waals surface area contributed by atoms with E-state index in [1.165, 1.54) is 7.11 Å². The molecule has 1 aliphatic carbocycles. The number of methoxy groups -OCH3 is 1. The van der Waals surface area contributed by atoms with Crippen LogP contribution in [0.5, 0.6) is 5.75 Å². The molecule has 2 rings (SSSR count). The van der Waals surface area contributed by atoms with Crippen molar-refractivity contribution >= 4 is 23.4 Å². The summed E-state index contributed by atoms with van der Waals surface area (Å²) in [4.78, 5) is 23.9. The minimum Gasteiger partial charge on any atom is -0.496 e. The molecule has 1 aromatic rings. The van der Waals surface area contributed by atoms with E-state index in [9.17, 15) is 14.7 Å². The Morgan fingerprint density at radius 2 is 2.20 bits per heavy atom. The molecule has 1 N–H and O–H groups in total. The highest BCUT2D eigenvalue weighted by atomic mass is 35.5. The van der Waals surface area contributed by atoms with Gasteiger partial charge < -0.3 is 9.84 Å². The van der Waals surface area contributed by atoms with Crippen molar-refractivity contribution in [1.29, 1.82) is 0 Å². The monoisotopic (exact) mass is 296 g/mol. The molecule has 0 aromatic heterocycles. The largest absolute Gasteiger partial charge is 0.496 e. The molecule has 4 nitrogen and oxygen atoms in total. The molecule has 0 spiro atoms. The summed E-state index contributed by atoms with van der Waals surface area (Å²) in [5.74, 6) is -0.684. The third-order valence-corrected chi connectivity index (χ3v) is 4.17. The van der Waals surface area contributed by atoms with Crippen molar-refractivity contribution in [2.24, 2.45) is 5.41 Å². The van der Waals surface area contributed by atoms with Gasteiger partial charge in [0.1, 0.15) is 11.2 Å². The fourth-order valence-electron chi connectivity index (χ4n) is 2.79. The number of Topliss-reactive ketones (excluding diaryl/α,β-unsaturated/α-hetero) is 1. The summed E-state index contributed by atoms with van der Waals surface area (Å²) in [6, 6.07) is 5.05. The quantitative estimate of drug-likeness (QED) is 0.867. The predicted molar refractivity (Wildman–Crippen MR) is 75.3 cm³/mol. The number of carbonyl (C=O) groups is 2. The molecular formula is C15H17ClO4. The molecule has 0 bridgehead atoms. The number of ether oxygens (including phenoxy) is 1. The molecule has 0 aliphatic heterocycles. The number of benzene rings is 1. The number of aliphatic carboxylic acids is 1. The Morgan fingerprint density at radius 3 is 2.80 bits per heavy atom. The van der Waals surface area contributed by atoms with Gasteiger partial charge in [-0.1, -0.05) is 18.0 Å². The Kier molecular flexibility index (Phi) is 4.33. The summed E-state index contributed by atoms with van der Waals surface area (Å²) in [5, 5.41) is 10.1. The molecule has 0 saturated heterocycles. The van der Waals surface area contributed by atoms with Crippen molar-refractivity contribution in [3.63, 3.8) is 0 Å². The highest BCUT2D eigenvalue weighted by molar-refractivity contribution is 6.30. The third kappa shape index (κ3) is 2.66. The van der Waals surface area contributed by atoms with E-state index in [-0.39, 0.29) is 12.2 Å². The second-order valence-electron chi connectivity index (χ2n) is 5.15. The van der Waals surface area contributed by atoms with E-state index in [0.717, 1.165) is 12.8 Å². The molecule has 0 radical (unpaired) electrons. The van der Waals surface area contributed by atoms with Crippen LogP contribution in [-0.4, -0.2) is 24.0 Å². The van der Waals surface area contributed by atoms with Crippen molar-refractivity contribution in [2.45, 2.75) is 32.1 Å². The average Bonchev–Trinajstić information content (AvgIpc) is 2.41. The number of rotatable bonds is 4. The lowest BCUT2D eigenvalue weighted by atomic mass is 9.69. The van der Waals surface area contributed by atoms with Crippen LogP contribution in [0.1, 0.15) is 31.2 Å².